The van der Waals surface area contributed by atoms with Crippen LogP contribution in [0.3, 0.4) is 0 Å². The average Bonchev–Trinajstić information content (AvgIpc) is 3.21. The Morgan fingerprint density at radius 1 is 1.10 bits per heavy atom. The van der Waals surface area contributed by atoms with Crippen molar-refractivity contribution in [2.75, 3.05) is 26.9 Å². The van der Waals surface area contributed by atoms with Gasteiger partial charge in [-0.25, -0.2) is 14.6 Å². The minimum Gasteiger partial charge on any atom is -0.493 e. The van der Waals surface area contributed by atoms with Crippen molar-refractivity contribution >= 4 is 45.3 Å². The second kappa shape index (κ2) is 12.4. The quantitative estimate of drug-likeness (QED) is 0.340. The molecule has 0 bridgehead atoms. The summed E-state index contributed by atoms with van der Waals surface area (Å²) in [7, 11) is 1.49. The third-order valence-corrected chi connectivity index (χ3v) is 7.29. The van der Waals surface area contributed by atoms with Crippen LogP contribution in [-0.2, 0) is 19.1 Å². The number of benzene rings is 2. The van der Waals surface area contributed by atoms with Crippen molar-refractivity contribution in [1.82, 2.24) is 4.57 Å². The Labute approximate surface area is 237 Å². The van der Waals surface area contributed by atoms with E-state index in [1.165, 1.54) is 23.0 Å². The summed E-state index contributed by atoms with van der Waals surface area (Å²) in [6.45, 7) is 5.41. The van der Waals surface area contributed by atoms with Gasteiger partial charge in [0.15, 0.2) is 22.9 Å². The third kappa shape index (κ3) is 6.15. The highest BCUT2D eigenvalue weighted by Crippen LogP contribution is 2.32. The minimum atomic E-state index is -0.701. The molecule has 0 aliphatic carbocycles. The van der Waals surface area contributed by atoms with Gasteiger partial charge in [-0.1, -0.05) is 45.5 Å². The monoisotopic (exact) mass is 614 g/mol. The van der Waals surface area contributed by atoms with Crippen LogP contribution in [0.25, 0.3) is 6.08 Å². The first kappa shape index (κ1) is 28.3. The second-order valence-corrected chi connectivity index (χ2v) is 10.3. The zero-order valence-electron chi connectivity index (χ0n) is 21.9. The Bertz CT molecular complexity index is 1620. The first-order valence-corrected chi connectivity index (χ1v) is 13.8. The van der Waals surface area contributed by atoms with Crippen LogP contribution in [0.2, 0.25) is 0 Å². The van der Waals surface area contributed by atoms with Gasteiger partial charge >= 0.3 is 11.9 Å². The van der Waals surface area contributed by atoms with Gasteiger partial charge in [0.1, 0.15) is 0 Å². The zero-order valence-corrected chi connectivity index (χ0v) is 24.3. The van der Waals surface area contributed by atoms with Gasteiger partial charge in [-0.2, -0.15) is 0 Å². The summed E-state index contributed by atoms with van der Waals surface area (Å²) in [5.41, 5.74) is 1.95. The number of hydrogen-bond acceptors (Lipinski definition) is 9. The minimum absolute atomic E-state index is 0.201. The third-order valence-electron chi connectivity index (χ3n) is 5.82. The molecule has 9 nitrogen and oxygen atoms in total. The molecule has 0 amide bonds. The van der Waals surface area contributed by atoms with Crippen LogP contribution in [0, 0.1) is 0 Å². The van der Waals surface area contributed by atoms with Crippen LogP contribution < -0.4 is 24.4 Å². The molecule has 204 valence electrons. The summed E-state index contributed by atoms with van der Waals surface area (Å²) in [6.07, 6.45) is 1.73. The Morgan fingerprint density at radius 3 is 2.56 bits per heavy atom. The molecule has 39 heavy (non-hydrogen) atoms. The molecule has 0 fully saturated rings. The number of thiazole rings is 1. The predicted octanol–water partition coefficient (Wildman–Crippen LogP) is 3.51. The number of halogens is 1. The summed E-state index contributed by atoms with van der Waals surface area (Å²) < 4.78 is 24.0. The van der Waals surface area contributed by atoms with Crippen molar-refractivity contribution in [2.24, 2.45) is 4.99 Å². The molecule has 0 saturated carbocycles. The van der Waals surface area contributed by atoms with E-state index in [1.54, 1.807) is 45.0 Å². The topological polar surface area (TPSA) is 105 Å². The molecule has 0 saturated heterocycles. The number of hydrogen-bond donors (Lipinski definition) is 0. The lowest BCUT2D eigenvalue weighted by Gasteiger charge is -2.24. The number of allylic oxidation sites excluding steroid dienone is 1. The maximum atomic E-state index is 13.8. The van der Waals surface area contributed by atoms with Crippen molar-refractivity contribution in [3.63, 3.8) is 0 Å². The molecule has 2 aromatic carbocycles. The van der Waals surface area contributed by atoms with Crippen molar-refractivity contribution in [3.05, 3.63) is 89.0 Å². The molecule has 0 unspecified atom stereocenters. The summed E-state index contributed by atoms with van der Waals surface area (Å²) in [4.78, 5) is 43.5. The van der Waals surface area contributed by atoms with Crippen LogP contribution in [0.4, 0.5) is 0 Å². The summed E-state index contributed by atoms with van der Waals surface area (Å²) in [5.74, 6) is -0.231. The molecule has 0 spiro atoms. The fraction of sp³-hybridized carbons (Fsp3) is 0.286. The van der Waals surface area contributed by atoms with Gasteiger partial charge in [-0.05, 0) is 62.2 Å². The Hall–Kier alpha value is -3.70. The average molecular weight is 616 g/mol. The standard InChI is InChI=1S/C28H27BrN2O7S/c1-5-36-23(32)15-38-20-11-10-17(12-21(20)35-4)13-22-26(33)31-25(18-8-7-9-19(29)14-18)24(27(34)37-6-2)16(3)30-28(31)39-22/h7-14,25H,5-6,15H2,1-4H3/b22-13-/t25-/m0/s1. The molecule has 1 atom stereocenters. The largest absolute Gasteiger partial charge is 0.493 e. The van der Waals surface area contributed by atoms with Crippen molar-refractivity contribution in [2.45, 2.75) is 26.8 Å². The Balaban J connectivity index is 1.79. The highest BCUT2D eigenvalue weighted by Gasteiger charge is 2.33. The summed E-state index contributed by atoms with van der Waals surface area (Å²) in [5, 5.41) is 0. The van der Waals surface area contributed by atoms with E-state index in [9.17, 15) is 14.4 Å². The van der Waals surface area contributed by atoms with Gasteiger partial charge < -0.3 is 18.9 Å². The molecule has 0 N–H and O–H groups in total. The van der Waals surface area contributed by atoms with Crippen molar-refractivity contribution in [1.29, 1.82) is 0 Å². The van der Waals surface area contributed by atoms with E-state index < -0.39 is 18.0 Å². The molecule has 1 aromatic heterocycles. The van der Waals surface area contributed by atoms with E-state index in [-0.39, 0.29) is 25.4 Å². The molecule has 4 rings (SSSR count). The molecule has 1 aliphatic rings. The molecular formula is C28H27BrN2O7S. The fourth-order valence-corrected chi connectivity index (χ4v) is 5.63. The van der Waals surface area contributed by atoms with Gasteiger partial charge in [0, 0.05) is 4.47 Å². The van der Waals surface area contributed by atoms with Gasteiger partial charge in [-0.15, -0.1) is 0 Å². The van der Waals surface area contributed by atoms with Crippen LogP contribution in [-0.4, -0.2) is 43.4 Å². The van der Waals surface area contributed by atoms with Crippen molar-refractivity contribution in [3.8, 4) is 11.5 Å². The SMILES string of the molecule is CCOC(=O)COc1ccc(/C=c2\sc3n(c2=O)[C@@H](c2cccc(Br)c2)C(C(=O)OCC)=C(C)N=3)cc1OC. The first-order valence-electron chi connectivity index (χ1n) is 12.2. The molecule has 3 aromatic rings. The normalized spacial score (nSPS) is 14.9. The number of carbonyl (C=O) groups excluding carboxylic acids is 2. The lowest BCUT2D eigenvalue weighted by atomic mass is 9.96. The number of rotatable bonds is 9. The van der Waals surface area contributed by atoms with Gasteiger partial charge in [0.05, 0.1) is 42.2 Å². The van der Waals surface area contributed by atoms with Gasteiger partial charge in [0.2, 0.25) is 0 Å². The van der Waals surface area contributed by atoms with E-state index in [2.05, 4.69) is 20.9 Å². The highest BCUT2D eigenvalue weighted by molar-refractivity contribution is 9.10. The van der Waals surface area contributed by atoms with Gasteiger partial charge in [0.25, 0.3) is 5.56 Å². The molecule has 1 aliphatic heterocycles. The van der Waals surface area contributed by atoms with Gasteiger partial charge in [-0.3, -0.25) is 9.36 Å². The summed E-state index contributed by atoms with van der Waals surface area (Å²) >= 11 is 4.72. The lowest BCUT2D eigenvalue weighted by Crippen LogP contribution is -2.39. The predicted molar refractivity (Wildman–Crippen MR) is 150 cm³/mol. The molecule has 0 radical (unpaired) electrons. The van der Waals surface area contributed by atoms with Crippen LogP contribution in [0.5, 0.6) is 11.5 Å². The number of esters is 2. The number of fused-ring (bicyclic) bond motifs is 1. The second-order valence-electron chi connectivity index (χ2n) is 8.36. The van der Waals surface area contributed by atoms with E-state index in [4.69, 9.17) is 18.9 Å². The maximum absolute atomic E-state index is 13.8. The molecule has 11 heteroatoms. The van der Waals surface area contributed by atoms with Crippen LogP contribution in [0.15, 0.2) is 68.0 Å². The number of nitrogens with zero attached hydrogens (tertiary/aromatic N) is 2. The lowest BCUT2D eigenvalue weighted by molar-refractivity contribution is -0.145. The van der Waals surface area contributed by atoms with E-state index >= 15 is 0 Å². The highest BCUT2D eigenvalue weighted by atomic mass is 79.9. The van der Waals surface area contributed by atoms with Crippen LogP contribution >= 0.6 is 27.3 Å². The summed E-state index contributed by atoms with van der Waals surface area (Å²) in [6, 6.07) is 11.9. The smallest absolute Gasteiger partial charge is 0.344 e. The molecule has 2 heterocycles. The number of methoxy groups -OCH3 is 1. The van der Waals surface area contributed by atoms with Crippen molar-refractivity contribution < 1.29 is 28.5 Å². The Morgan fingerprint density at radius 2 is 1.87 bits per heavy atom. The Kier molecular flexibility index (Phi) is 9.03. The molecular weight excluding hydrogens is 588 g/mol. The first-order chi connectivity index (χ1) is 18.8. The fourth-order valence-electron chi connectivity index (χ4n) is 4.17. The number of aromatic nitrogens is 1. The van der Waals surface area contributed by atoms with E-state index in [0.29, 0.717) is 37.7 Å². The number of carbonyl (C=O) groups is 2. The van der Waals surface area contributed by atoms with E-state index in [0.717, 1.165) is 10.0 Å². The number of ether oxygens (including phenoxy) is 4. The van der Waals surface area contributed by atoms with E-state index in [1.807, 2.05) is 24.3 Å². The van der Waals surface area contributed by atoms with Crippen LogP contribution in [0.1, 0.15) is 37.9 Å². The zero-order chi connectivity index (χ0) is 28.1. The maximum Gasteiger partial charge on any atom is 0.344 e.